The van der Waals surface area contributed by atoms with Gasteiger partial charge in [0, 0.05) is 30.7 Å². The summed E-state index contributed by atoms with van der Waals surface area (Å²) < 4.78 is 0.732. The molecule has 0 spiro atoms. The molecule has 1 aliphatic rings. The number of nitro groups is 1. The molecule has 2 rings (SSSR count). The molecule has 0 saturated carbocycles. The van der Waals surface area contributed by atoms with E-state index in [0.29, 0.717) is 5.69 Å². The van der Waals surface area contributed by atoms with Crippen molar-refractivity contribution in [2.75, 3.05) is 38.1 Å². The van der Waals surface area contributed by atoms with E-state index >= 15 is 0 Å². The van der Waals surface area contributed by atoms with E-state index in [1.54, 1.807) is 12.1 Å². The first-order valence-corrected chi connectivity index (χ1v) is 7.24. The van der Waals surface area contributed by atoms with E-state index < -0.39 is 0 Å². The van der Waals surface area contributed by atoms with Gasteiger partial charge in [-0.05, 0) is 38.1 Å². The van der Waals surface area contributed by atoms with Crippen LogP contribution < -0.4 is 4.90 Å². The number of benzene rings is 1. The zero-order valence-electron chi connectivity index (χ0n) is 11.0. The monoisotopic (exact) mass is 327 g/mol. The zero-order valence-corrected chi connectivity index (χ0v) is 12.6. The molecule has 104 valence electrons. The summed E-state index contributed by atoms with van der Waals surface area (Å²) >= 11 is 3.28. The van der Waals surface area contributed by atoms with E-state index in [-0.39, 0.29) is 10.6 Å². The van der Waals surface area contributed by atoms with E-state index in [1.165, 1.54) is 12.8 Å². The minimum Gasteiger partial charge on any atom is -0.368 e. The topological polar surface area (TPSA) is 49.6 Å². The van der Waals surface area contributed by atoms with Gasteiger partial charge in [0.2, 0.25) is 0 Å². The Kier molecular flexibility index (Phi) is 4.76. The molecular weight excluding hydrogens is 310 g/mol. The van der Waals surface area contributed by atoms with Crippen LogP contribution >= 0.6 is 15.9 Å². The third-order valence-corrected chi connectivity index (χ3v) is 3.99. The number of hydrogen-bond donors (Lipinski definition) is 0. The highest BCUT2D eigenvalue weighted by atomic mass is 79.9. The van der Waals surface area contributed by atoms with Gasteiger partial charge in [0.1, 0.15) is 5.69 Å². The van der Waals surface area contributed by atoms with Crippen LogP contribution in [0.25, 0.3) is 0 Å². The molecule has 0 radical (unpaired) electrons. The maximum Gasteiger partial charge on any atom is 0.293 e. The lowest BCUT2D eigenvalue weighted by molar-refractivity contribution is -0.384. The van der Waals surface area contributed by atoms with E-state index in [9.17, 15) is 10.1 Å². The van der Waals surface area contributed by atoms with E-state index in [1.807, 2.05) is 18.0 Å². The second-order valence-electron chi connectivity index (χ2n) is 4.86. The number of nitro benzene ring substituents is 1. The molecule has 1 fully saturated rings. The maximum atomic E-state index is 11.1. The van der Waals surface area contributed by atoms with Gasteiger partial charge in [-0.15, -0.1) is 0 Å². The molecule has 0 unspecified atom stereocenters. The second kappa shape index (κ2) is 6.34. The fourth-order valence-electron chi connectivity index (χ4n) is 2.38. The zero-order chi connectivity index (χ0) is 13.8. The molecule has 1 aromatic rings. The van der Waals surface area contributed by atoms with Crippen molar-refractivity contribution in [1.82, 2.24) is 4.90 Å². The SMILES string of the molecule is CN(CCN1CCCC1)c1ccc(Br)cc1[N+](=O)[O-]. The normalized spacial score (nSPS) is 15.7. The van der Waals surface area contributed by atoms with Crippen LogP contribution in [0.4, 0.5) is 11.4 Å². The number of halogens is 1. The van der Waals surface area contributed by atoms with Gasteiger partial charge in [0.05, 0.1) is 4.92 Å². The molecule has 6 heteroatoms. The van der Waals surface area contributed by atoms with E-state index in [4.69, 9.17) is 0 Å². The minimum absolute atomic E-state index is 0.151. The Morgan fingerprint density at radius 2 is 2.11 bits per heavy atom. The molecule has 1 heterocycles. The van der Waals surface area contributed by atoms with Gasteiger partial charge in [-0.1, -0.05) is 15.9 Å². The Bertz CT molecular complexity index is 461. The maximum absolute atomic E-state index is 11.1. The summed E-state index contributed by atoms with van der Waals surface area (Å²) in [6.07, 6.45) is 2.53. The number of likely N-dealkylation sites (N-methyl/N-ethyl adjacent to an activating group) is 1. The van der Waals surface area contributed by atoms with Gasteiger partial charge in [-0.2, -0.15) is 0 Å². The summed E-state index contributed by atoms with van der Waals surface area (Å²) in [4.78, 5) is 15.1. The van der Waals surface area contributed by atoms with Crippen molar-refractivity contribution in [1.29, 1.82) is 0 Å². The predicted octanol–water partition coefficient (Wildman–Crippen LogP) is 2.89. The van der Waals surface area contributed by atoms with Crippen LogP contribution in [0.1, 0.15) is 12.8 Å². The van der Waals surface area contributed by atoms with Gasteiger partial charge in [0.25, 0.3) is 5.69 Å². The average molecular weight is 328 g/mol. The fourth-order valence-corrected chi connectivity index (χ4v) is 2.73. The average Bonchev–Trinajstić information content (AvgIpc) is 2.88. The van der Waals surface area contributed by atoms with Crippen molar-refractivity contribution in [3.8, 4) is 0 Å². The van der Waals surface area contributed by atoms with Crippen LogP contribution in [0.15, 0.2) is 22.7 Å². The largest absolute Gasteiger partial charge is 0.368 e. The summed E-state index contributed by atoms with van der Waals surface area (Å²) in [6, 6.07) is 5.20. The first-order valence-electron chi connectivity index (χ1n) is 6.45. The number of rotatable bonds is 5. The standard InChI is InChI=1S/C13H18BrN3O2/c1-15(8-9-16-6-2-3-7-16)12-5-4-11(14)10-13(12)17(18)19/h4-5,10H,2-3,6-9H2,1H3. The highest BCUT2D eigenvalue weighted by molar-refractivity contribution is 9.10. The molecule has 0 N–H and O–H groups in total. The van der Waals surface area contributed by atoms with Gasteiger partial charge in [0.15, 0.2) is 0 Å². The van der Waals surface area contributed by atoms with Crippen molar-refractivity contribution >= 4 is 27.3 Å². The quantitative estimate of drug-likeness (QED) is 0.616. The minimum atomic E-state index is -0.327. The highest BCUT2D eigenvalue weighted by Crippen LogP contribution is 2.30. The Morgan fingerprint density at radius 1 is 1.42 bits per heavy atom. The lowest BCUT2D eigenvalue weighted by Crippen LogP contribution is -2.31. The third-order valence-electron chi connectivity index (χ3n) is 3.50. The van der Waals surface area contributed by atoms with Crippen LogP contribution in [0.2, 0.25) is 0 Å². The van der Waals surface area contributed by atoms with Gasteiger partial charge >= 0.3 is 0 Å². The molecule has 1 aliphatic heterocycles. The summed E-state index contributed by atoms with van der Waals surface area (Å²) in [7, 11) is 1.91. The van der Waals surface area contributed by atoms with Gasteiger partial charge in [-0.3, -0.25) is 10.1 Å². The second-order valence-corrected chi connectivity index (χ2v) is 5.78. The molecule has 19 heavy (non-hydrogen) atoms. The molecule has 5 nitrogen and oxygen atoms in total. The summed E-state index contributed by atoms with van der Waals surface area (Å²) in [5.41, 5.74) is 0.825. The Morgan fingerprint density at radius 3 is 2.74 bits per heavy atom. The highest BCUT2D eigenvalue weighted by Gasteiger charge is 2.18. The summed E-state index contributed by atoms with van der Waals surface area (Å²) in [6.45, 7) is 4.07. The lowest BCUT2D eigenvalue weighted by atomic mass is 10.2. The Hall–Kier alpha value is -1.14. The van der Waals surface area contributed by atoms with Crippen molar-refractivity contribution in [2.45, 2.75) is 12.8 Å². The van der Waals surface area contributed by atoms with Crippen LogP contribution in [-0.2, 0) is 0 Å². The first kappa shape index (κ1) is 14.3. The smallest absolute Gasteiger partial charge is 0.293 e. The summed E-state index contributed by atoms with van der Waals surface area (Å²) in [5, 5.41) is 11.1. The first-order chi connectivity index (χ1) is 9.08. The van der Waals surface area contributed by atoms with E-state index in [2.05, 4.69) is 20.8 Å². The van der Waals surface area contributed by atoms with Crippen molar-refractivity contribution in [2.24, 2.45) is 0 Å². The van der Waals surface area contributed by atoms with Crippen LogP contribution in [0.3, 0.4) is 0 Å². The van der Waals surface area contributed by atoms with Crippen molar-refractivity contribution < 1.29 is 4.92 Å². The van der Waals surface area contributed by atoms with Crippen molar-refractivity contribution in [3.05, 3.63) is 32.8 Å². The number of likely N-dealkylation sites (tertiary alicyclic amines) is 1. The third kappa shape index (κ3) is 3.67. The lowest BCUT2D eigenvalue weighted by Gasteiger charge is -2.23. The van der Waals surface area contributed by atoms with Crippen LogP contribution in [0.5, 0.6) is 0 Å². The molecule has 0 aliphatic carbocycles. The van der Waals surface area contributed by atoms with Gasteiger partial charge in [-0.25, -0.2) is 0 Å². The molecule has 0 atom stereocenters. The van der Waals surface area contributed by atoms with Crippen molar-refractivity contribution in [3.63, 3.8) is 0 Å². The predicted molar refractivity (Wildman–Crippen MR) is 79.7 cm³/mol. The summed E-state index contributed by atoms with van der Waals surface area (Å²) in [5.74, 6) is 0. The Balaban J connectivity index is 2.05. The number of hydrogen-bond acceptors (Lipinski definition) is 4. The molecular formula is C13H18BrN3O2. The molecule has 0 aromatic heterocycles. The Labute approximate surface area is 121 Å². The van der Waals surface area contributed by atoms with Crippen LogP contribution in [-0.4, -0.2) is 43.0 Å². The van der Waals surface area contributed by atoms with Gasteiger partial charge < -0.3 is 9.80 Å². The molecule has 0 bridgehead atoms. The molecule has 1 aromatic carbocycles. The molecule has 1 saturated heterocycles. The molecule has 0 amide bonds. The van der Waals surface area contributed by atoms with E-state index in [0.717, 1.165) is 30.7 Å². The fraction of sp³-hybridized carbons (Fsp3) is 0.538. The number of nitrogens with zero attached hydrogens (tertiary/aromatic N) is 3. The number of anilines is 1. The van der Waals surface area contributed by atoms with Crippen LogP contribution in [0, 0.1) is 10.1 Å².